The minimum absolute atomic E-state index is 0.0403. The number of aromatic nitrogens is 1. The van der Waals surface area contributed by atoms with Gasteiger partial charge in [0, 0.05) is 29.2 Å². The standard InChI is InChI=1S/C22H19ClN2OS/c1-3-14-25(15-4-2)22-24-19(16-10-12-18(23)13-11-16)21(27-22)20(26)17-8-6-5-7-9-17/h3-13H,1-2,14-15H2. The number of carbonyl (C=O) groups excluding carboxylic acids is 1. The van der Waals surface area contributed by atoms with Crippen molar-refractivity contribution in [1.29, 1.82) is 0 Å². The third kappa shape index (κ3) is 4.35. The number of hydrogen-bond donors (Lipinski definition) is 0. The first-order valence-electron chi connectivity index (χ1n) is 8.47. The highest BCUT2D eigenvalue weighted by atomic mass is 35.5. The zero-order valence-electron chi connectivity index (χ0n) is 14.8. The van der Waals surface area contributed by atoms with Crippen molar-refractivity contribution in [3.05, 3.63) is 95.4 Å². The van der Waals surface area contributed by atoms with Crippen LogP contribution in [0.1, 0.15) is 15.2 Å². The lowest BCUT2D eigenvalue weighted by molar-refractivity contribution is 0.104. The van der Waals surface area contributed by atoms with Gasteiger partial charge in [-0.3, -0.25) is 4.79 Å². The number of halogens is 1. The zero-order valence-corrected chi connectivity index (χ0v) is 16.3. The van der Waals surface area contributed by atoms with E-state index in [0.717, 1.165) is 10.7 Å². The molecule has 0 spiro atoms. The molecule has 5 heteroatoms. The molecule has 0 radical (unpaired) electrons. The van der Waals surface area contributed by atoms with E-state index in [1.807, 2.05) is 59.5 Å². The van der Waals surface area contributed by atoms with E-state index in [1.54, 1.807) is 12.1 Å². The molecular formula is C22H19ClN2OS. The highest BCUT2D eigenvalue weighted by Crippen LogP contribution is 2.35. The number of hydrogen-bond acceptors (Lipinski definition) is 4. The molecule has 27 heavy (non-hydrogen) atoms. The second kappa shape index (κ2) is 8.80. The predicted octanol–water partition coefficient (Wildman–Crippen LogP) is 5.87. The monoisotopic (exact) mass is 394 g/mol. The van der Waals surface area contributed by atoms with Crippen LogP contribution >= 0.6 is 22.9 Å². The van der Waals surface area contributed by atoms with Crippen LogP contribution in [0.15, 0.2) is 79.9 Å². The lowest BCUT2D eigenvalue weighted by Crippen LogP contribution is -2.22. The van der Waals surface area contributed by atoms with Crippen molar-refractivity contribution in [2.75, 3.05) is 18.0 Å². The van der Waals surface area contributed by atoms with Crippen molar-refractivity contribution in [3.63, 3.8) is 0 Å². The molecule has 0 atom stereocenters. The van der Waals surface area contributed by atoms with E-state index in [2.05, 4.69) is 13.2 Å². The van der Waals surface area contributed by atoms with Crippen molar-refractivity contribution < 1.29 is 4.79 Å². The fourth-order valence-electron chi connectivity index (χ4n) is 2.66. The molecule has 3 rings (SSSR count). The number of carbonyl (C=O) groups is 1. The predicted molar refractivity (Wildman–Crippen MR) is 115 cm³/mol. The third-order valence-corrected chi connectivity index (χ3v) is 5.31. The quantitative estimate of drug-likeness (QED) is 0.353. The van der Waals surface area contributed by atoms with Gasteiger partial charge in [0.1, 0.15) is 4.88 Å². The number of ketones is 1. The molecule has 1 aromatic heterocycles. The first kappa shape index (κ1) is 19.1. The Morgan fingerprint density at radius 1 is 1.04 bits per heavy atom. The molecule has 1 heterocycles. The molecule has 0 amide bonds. The number of nitrogens with zero attached hydrogens (tertiary/aromatic N) is 2. The van der Waals surface area contributed by atoms with Gasteiger partial charge in [-0.05, 0) is 12.1 Å². The van der Waals surface area contributed by atoms with E-state index in [4.69, 9.17) is 16.6 Å². The Balaban J connectivity index is 2.11. The van der Waals surface area contributed by atoms with E-state index in [-0.39, 0.29) is 5.78 Å². The zero-order chi connectivity index (χ0) is 19.2. The van der Waals surface area contributed by atoms with E-state index in [9.17, 15) is 4.79 Å². The molecule has 0 saturated heterocycles. The van der Waals surface area contributed by atoms with Gasteiger partial charge in [-0.25, -0.2) is 4.98 Å². The Hall–Kier alpha value is -2.69. The van der Waals surface area contributed by atoms with Crippen LogP contribution in [0, 0.1) is 0 Å². The molecule has 0 fully saturated rings. The van der Waals surface area contributed by atoms with Gasteiger partial charge in [0.25, 0.3) is 0 Å². The fourth-order valence-corrected chi connectivity index (χ4v) is 3.86. The van der Waals surface area contributed by atoms with Crippen LogP contribution in [0.4, 0.5) is 5.13 Å². The number of rotatable bonds is 8. The van der Waals surface area contributed by atoms with Crippen LogP contribution in [0.5, 0.6) is 0 Å². The minimum atomic E-state index is -0.0403. The number of benzene rings is 2. The van der Waals surface area contributed by atoms with Crippen molar-refractivity contribution in [3.8, 4) is 11.3 Å². The number of anilines is 1. The van der Waals surface area contributed by atoms with Gasteiger partial charge in [-0.2, -0.15) is 0 Å². The highest BCUT2D eigenvalue weighted by Gasteiger charge is 2.22. The average molecular weight is 395 g/mol. The van der Waals surface area contributed by atoms with E-state index in [0.29, 0.717) is 34.2 Å². The first-order valence-corrected chi connectivity index (χ1v) is 9.66. The lowest BCUT2D eigenvalue weighted by atomic mass is 10.1. The van der Waals surface area contributed by atoms with Crippen LogP contribution in [0.2, 0.25) is 5.02 Å². The van der Waals surface area contributed by atoms with Crippen LogP contribution < -0.4 is 4.90 Å². The average Bonchev–Trinajstić information content (AvgIpc) is 3.14. The van der Waals surface area contributed by atoms with Crippen molar-refractivity contribution in [1.82, 2.24) is 4.98 Å². The summed E-state index contributed by atoms with van der Waals surface area (Å²) < 4.78 is 0. The van der Waals surface area contributed by atoms with E-state index >= 15 is 0 Å². The molecule has 0 aliphatic heterocycles. The topological polar surface area (TPSA) is 33.2 Å². The second-order valence-electron chi connectivity index (χ2n) is 5.86. The van der Waals surface area contributed by atoms with Crippen LogP contribution in [0.3, 0.4) is 0 Å². The summed E-state index contributed by atoms with van der Waals surface area (Å²) in [6.07, 6.45) is 3.62. The molecule has 2 aromatic carbocycles. The second-order valence-corrected chi connectivity index (χ2v) is 7.27. The fraction of sp³-hybridized carbons (Fsp3) is 0.0909. The minimum Gasteiger partial charge on any atom is -0.341 e. The third-order valence-electron chi connectivity index (χ3n) is 3.95. The van der Waals surface area contributed by atoms with Gasteiger partial charge in [0.2, 0.25) is 5.78 Å². The normalized spacial score (nSPS) is 10.4. The van der Waals surface area contributed by atoms with Crippen LogP contribution in [-0.4, -0.2) is 23.9 Å². The van der Waals surface area contributed by atoms with Gasteiger partial charge >= 0.3 is 0 Å². The Morgan fingerprint density at radius 2 is 1.67 bits per heavy atom. The first-order chi connectivity index (χ1) is 13.1. The van der Waals surface area contributed by atoms with E-state index < -0.39 is 0 Å². The van der Waals surface area contributed by atoms with Crippen LogP contribution in [-0.2, 0) is 0 Å². The molecule has 0 N–H and O–H groups in total. The van der Waals surface area contributed by atoms with Crippen molar-refractivity contribution in [2.45, 2.75) is 0 Å². The molecule has 0 aliphatic carbocycles. The SMILES string of the molecule is C=CCN(CC=C)c1nc(-c2ccc(Cl)cc2)c(C(=O)c2ccccc2)s1. The van der Waals surface area contributed by atoms with Crippen molar-refractivity contribution >= 4 is 33.9 Å². The highest BCUT2D eigenvalue weighted by molar-refractivity contribution is 7.18. The molecule has 0 aliphatic rings. The summed E-state index contributed by atoms with van der Waals surface area (Å²) >= 11 is 7.41. The maximum Gasteiger partial charge on any atom is 0.205 e. The lowest BCUT2D eigenvalue weighted by Gasteiger charge is -2.17. The van der Waals surface area contributed by atoms with Gasteiger partial charge in [-0.1, -0.05) is 77.6 Å². The molecule has 0 unspecified atom stereocenters. The van der Waals surface area contributed by atoms with Crippen LogP contribution in [0.25, 0.3) is 11.3 Å². The summed E-state index contributed by atoms with van der Waals surface area (Å²) in [6, 6.07) is 16.6. The molecule has 3 nitrogen and oxygen atoms in total. The number of thiazole rings is 1. The van der Waals surface area contributed by atoms with Gasteiger partial charge in [0.15, 0.2) is 5.13 Å². The largest absolute Gasteiger partial charge is 0.341 e. The summed E-state index contributed by atoms with van der Waals surface area (Å²) in [7, 11) is 0. The Bertz CT molecular complexity index is 938. The van der Waals surface area contributed by atoms with E-state index in [1.165, 1.54) is 11.3 Å². The summed E-state index contributed by atoms with van der Waals surface area (Å²) in [5.74, 6) is -0.0403. The Labute approximate surface area is 168 Å². The van der Waals surface area contributed by atoms with Crippen molar-refractivity contribution in [2.24, 2.45) is 0 Å². The van der Waals surface area contributed by atoms with Gasteiger partial charge in [-0.15, -0.1) is 13.2 Å². The Kier molecular flexibility index (Phi) is 6.22. The maximum absolute atomic E-state index is 13.1. The summed E-state index contributed by atoms with van der Waals surface area (Å²) in [4.78, 5) is 20.6. The molecule has 0 bridgehead atoms. The summed E-state index contributed by atoms with van der Waals surface area (Å²) in [6.45, 7) is 8.86. The molecule has 136 valence electrons. The molecule has 3 aromatic rings. The van der Waals surface area contributed by atoms with Gasteiger partial charge in [0.05, 0.1) is 5.69 Å². The Morgan fingerprint density at radius 3 is 2.26 bits per heavy atom. The molecular weight excluding hydrogens is 376 g/mol. The maximum atomic E-state index is 13.1. The summed E-state index contributed by atoms with van der Waals surface area (Å²) in [5.41, 5.74) is 2.17. The molecule has 0 saturated carbocycles. The smallest absolute Gasteiger partial charge is 0.205 e. The summed E-state index contributed by atoms with van der Waals surface area (Å²) in [5, 5.41) is 1.41. The van der Waals surface area contributed by atoms with Gasteiger partial charge < -0.3 is 4.90 Å².